The second kappa shape index (κ2) is 13.4. The van der Waals surface area contributed by atoms with Gasteiger partial charge < -0.3 is 30.3 Å². The van der Waals surface area contributed by atoms with Crippen LogP contribution in [0.5, 0.6) is 0 Å². The Labute approximate surface area is 236 Å². The molecule has 0 spiro atoms. The molecule has 1 saturated heterocycles. The molecule has 4 rings (SSSR count). The summed E-state index contributed by atoms with van der Waals surface area (Å²) in [6.45, 7) is 6.55. The Kier molecular flexibility index (Phi) is 10.0. The quantitative estimate of drug-likeness (QED) is 0.334. The second-order valence-electron chi connectivity index (χ2n) is 11.6. The molecule has 0 radical (unpaired) electrons. The van der Waals surface area contributed by atoms with Crippen LogP contribution >= 0.6 is 0 Å². The van der Waals surface area contributed by atoms with E-state index >= 15 is 0 Å². The van der Waals surface area contributed by atoms with Gasteiger partial charge in [0.15, 0.2) is 0 Å². The van der Waals surface area contributed by atoms with Crippen LogP contribution in [0.15, 0.2) is 60.7 Å². The molecule has 6 atom stereocenters. The Morgan fingerprint density at radius 1 is 1.15 bits per heavy atom. The number of amides is 2. The number of carbonyl (C=O) groups excluding carboxylic acids is 2. The Bertz CT molecular complexity index is 1160. The number of alkyl carbamates (subject to hydrolysis) is 1. The third kappa shape index (κ3) is 7.50. The average molecular weight is 551 g/mol. The van der Waals surface area contributed by atoms with E-state index in [-0.39, 0.29) is 24.3 Å². The molecule has 0 unspecified atom stereocenters. The zero-order chi connectivity index (χ0) is 28.7. The zero-order valence-corrected chi connectivity index (χ0v) is 23.6. The van der Waals surface area contributed by atoms with Crippen molar-refractivity contribution in [3.05, 3.63) is 77.4 Å². The minimum atomic E-state index is -1.03. The van der Waals surface area contributed by atoms with E-state index in [1.54, 1.807) is 0 Å². The molecular weight excluding hydrogens is 508 g/mol. The van der Waals surface area contributed by atoms with Crippen LogP contribution in [0.1, 0.15) is 62.8 Å². The highest BCUT2D eigenvalue weighted by Crippen LogP contribution is 2.36. The van der Waals surface area contributed by atoms with E-state index in [0.29, 0.717) is 32.5 Å². The number of nitrogens with one attached hydrogen (secondary N) is 2. The first-order valence-electron chi connectivity index (χ1n) is 14.2. The number of allylic oxidation sites excluding steroid dienone is 1. The van der Waals surface area contributed by atoms with E-state index in [4.69, 9.17) is 9.47 Å². The number of ether oxygens (including phenoxy) is 2. The summed E-state index contributed by atoms with van der Waals surface area (Å²) < 4.78 is 10.7. The van der Waals surface area contributed by atoms with Gasteiger partial charge in [-0.2, -0.15) is 0 Å². The molecule has 0 saturated carbocycles. The summed E-state index contributed by atoms with van der Waals surface area (Å²) >= 11 is 0. The van der Waals surface area contributed by atoms with Crippen LogP contribution in [-0.4, -0.2) is 59.8 Å². The maximum Gasteiger partial charge on any atom is 0.407 e. The lowest BCUT2D eigenvalue weighted by Crippen LogP contribution is -2.51. The summed E-state index contributed by atoms with van der Waals surface area (Å²) in [6, 6.07) is 16.4. The number of aliphatic hydroxyl groups excluding tert-OH is 2. The van der Waals surface area contributed by atoms with Gasteiger partial charge in [0.1, 0.15) is 6.10 Å². The molecule has 1 aliphatic carbocycles. The van der Waals surface area contributed by atoms with E-state index in [1.165, 1.54) is 0 Å². The van der Waals surface area contributed by atoms with Gasteiger partial charge in [0.2, 0.25) is 5.91 Å². The van der Waals surface area contributed by atoms with E-state index < -0.39 is 35.8 Å². The molecule has 2 aromatic carbocycles. The molecule has 1 heterocycles. The average Bonchev–Trinajstić information content (AvgIpc) is 3.55. The smallest absolute Gasteiger partial charge is 0.407 e. The summed E-state index contributed by atoms with van der Waals surface area (Å²) in [6.07, 6.45) is 2.81. The SMILES string of the molecule is CC(C)[C@H](NC(=O)O[C@H]1CCOC1)[C@@H](O)C[C@@](C)(CC=Cc1ccccc1)C(=O)N[C@H]1c2ccccc2C[C@H]1O. The van der Waals surface area contributed by atoms with Gasteiger partial charge in [0, 0.05) is 12.8 Å². The standard InChI is InChI=1S/C32H42N2O6/c1-21(2)28(34-31(38)40-24-15-17-39-20-24)27(36)19-32(3,16-9-12-22-10-5-4-6-11-22)30(37)33-29-25-14-8-7-13-23(25)18-26(29)35/h4-14,21,24,26-29,35-36H,15-20H2,1-3H3,(H,33,37)(H,34,38)/t24-,26+,27-,28-,29-,32+/m0/s1. The van der Waals surface area contributed by atoms with Gasteiger partial charge in [-0.05, 0) is 35.4 Å². The minimum Gasteiger partial charge on any atom is -0.444 e. The Morgan fingerprint density at radius 3 is 2.58 bits per heavy atom. The van der Waals surface area contributed by atoms with Gasteiger partial charge in [-0.3, -0.25) is 4.79 Å². The van der Waals surface area contributed by atoms with Crippen molar-refractivity contribution in [2.75, 3.05) is 13.2 Å². The largest absolute Gasteiger partial charge is 0.444 e. The molecule has 2 amide bonds. The first-order chi connectivity index (χ1) is 19.2. The van der Waals surface area contributed by atoms with Crippen molar-refractivity contribution in [1.82, 2.24) is 10.6 Å². The van der Waals surface area contributed by atoms with Gasteiger partial charge in [-0.15, -0.1) is 0 Å². The highest BCUT2D eigenvalue weighted by molar-refractivity contribution is 5.83. The van der Waals surface area contributed by atoms with Gasteiger partial charge >= 0.3 is 6.09 Å². The molecule has 0 aromatic heterocycles. The molecule has 8 heteroatoms. The number of hydrogen-bond donors (Lipinski definition) is 4. The first kappa shape index (κ1) is 29.8. The summed E-state index contributed by atoms with van der Waals surface area (Å²) in [5.74, 6) is -0.378. The number of aliphatic hydroxyl groups is 2. The summed E-state index contributed by atoms with van der Waals surface area (Å²) in [5, 5.41) is 28.1. The van der Waals surface area contributed by atoms with Gasteiger partial charge in [-0.1, -0.05) is 87.5 Å². The molecule has 1 fully saturated rings. The Hall–Kier alpha value is -3.20. The van der Waals surface area contributed by atoms with Crippen LogP contribution in [-0.2, 0) is 20.7 Å². The highest BCUT2D eigenvalue weighted by atomic mass is 16.6. The number of benzene rings is 2. The normalized spacial score (nSPS) is 23.4. The second-order valence-corrected chi connectivity index (χ2v) is 11.6. The number of fused-ring (bicyclic) bond motifs is 1. The predicted octanol–water partition coefficient (Wildman–Crippen LogP) is 4.16. The lowest BCUT2D eigenvalue weighted by Gasteiger charge is -2.35. The van der Waals surface area contributed by atoms with Crippen LogP contribution in [0.2, 0.25) is 0 Å². The van der Waals surface area contributed by atoms with Crippen LogP contribution in [0.3, 0.4) is 0 Å². The van der Waals surface area contributed by atoms with Crippen molar-refractivity contribution in [1.29, 1.82) is 0 Å². The molecule has 2 aliphatic rings. The molecule has 1 aliphatic heterocycles. The molecule has 40 heavy (non-hydrogen) atoms. The van der Waals surface area contributed by atoms with Crippen molar-refractivity contribution in [3.8, 4) is 0 Å². The van der Waals surface area contributed by atoms with Crippen molar-refractivity contribution in [2.45, 2.75) is 76.9 Å². The van der Waals surface area contributed by atoms with Crippen molar-refractivity contribution in [3.63, 3.8) is 0 Å². The fraction of sp³-hybridized carbons (Fsp3) is 0.500. The molecule has 2 aromatic rings. The van der Waals surface area contributed by atoms with E-state index in [9.17, 15) is 19.8 Å². The topological polar surface area (TPSA) is 117 Å². The van der Waals surface area contributed by atoms with Gasteiger partial charge in [-0.25, -0.2) is 4.79 Å². The Balaban J connectivity index is 1.51. The zero-order valence-electron chi connectivity index (χ0n) is 23.6. The van der Waals surface area contributed by atoms with Crippen molar-refractivity contribution in [2.24, 2.45) is 11.3 Å². The van der Waals surface area contributed by atoms with E-state index in [0.717, 1.165) is 16.7 Å². The van der Waals surface area contributed by atoms with Crippen molar-refractivity contribution >= 4 is 18.1 Å². The third-order valence-electron chi connectivity index (χ3n) is 7.96. The number of hydrogen-bond acceptors (Lipinski definition) is 6. The molecule has 4 N–H and O–H groups in total. The minimum absolute atomic E-state index is 0.0953. The summed E-state index contributed by atoms with van der Waals surface area (Å²) in [4.78, 5) is 26.5. The monoisotopic (exact) mass is 550 g/mol. The fourth-order valence-corrected chi connectivity index (χ4v) is 5.57. The van der Waals surface area contributed by atoms with Crippen molar-refractivity contribution < 1.29 is 29.3 Å². The predicted molar refractivity (Wildman–Crippen MR) is 153 cm³/mol. The number of rotatable bonds is 11. The van der Waals surface area contributed by atoms with Crippen LogP contribution < -0.4 is 10.6 Å². The Morgan fingerprint density at radius 2 is 1.88 bits per heavy atom. The summed E-state index contributed by atoms with van der Waals surface area (Å²) in [7, 11) is 0. The van der Waals surface area contributed by atoms with E-state index in [1.807, 2.05) is 87.5 Å². The maximum absolute atomic E-state index is 13.9. The lowest BCUT2D eigenvalue weighted by molar-refractivity contribution is -0.133. The lowest BCUT2D eigenvalue weighted by atomic mass is 9.77. The summed E-state index contributed by atoms with van der Waals surface area (Å²) in [5.41, 5.74) is 1.90. The van der Waals surface area contributed by atoms with Crippen LogP contribution in [0.4, 0.5) is 4.79 Å². The highest BCUT2D eigenvalue weighted by Gasteiger charge is 2.41. The van der Waals surface area contributed by atoms with Crippen LogP contribution in [0, 0.1) is 11.3 Å². The number of carbonyl (C=O) groups is 2. The van der Waals surface area contributed by atoms with E-state index in [2.05, 4.69) is 10.6 Å². The fourth-order valence-electron chi connectivity index (χ4n) is 5.57. The van der Waals surface area contributed by atoms with Gasteiger partial charge in [0.25, 0.3) is 0 Å². The molecule has 216 valence electrons. The van der Waals surface area contributed by atoms with Crippen LogP contribution in [0.25, 0.3) is 6.08 Å². The maximum atomic E-state index is 13.9. The molecular formula is C32H42N2O6. The first-order valence-corrected chi connectivity index (χ1v) is 14.2. The third-order valence-corrected chi connectivity index (χ3v) is 7.96. The van der Waals surface area contributed by atoms with Gasteiger partial charge in [0.05, 0.1) is 42.9 Å². The molecule has 8 nitrogen and oxygen atoms in total. The molecule has 0 bridgehead atoms.